The van der Waals surface area contributed by atoms with E-state index in [9.17, 15) is 4.79 Å². The highest BCUT2D eigenvalue weighted by molar-refractivity contribution is 9.10. The van der Waals surface area contributed by atoms with Crippen molar-refractivity contribution in [2.45, 2.75) is 13.3 Å². The number of carbonyl (C=O) groups is 1. The van der Waals surface area contributed by atoms with Crippen LogP contribution in [0.4, 0.5) is 0 Å². The first-order valence-electron chi connectivity index (χ1n) is 3.81. The minimum atomic E-state index is -0.260. The molecule has 1 aromatic rings. The molecule has 0 aromatic carbocycles. The SMILES string of the molecule is COC(=O)Cc1c(Br)c(C)nn1C. The van der Waals surface area contributed by atoms with E-state index in [0.29, 0.717) is 0 Å². The van der Waals surface area contributed by atoms with Crippen molar-refractivity contribution in [3.05, 3.63) is 15.9 Å². The summed E-state index contributed by atoms with van der Waals surface area (Å²) in [6.45, 7) is 1.88. The van der Waals surface area contributed by atoms with E-state index in [1.54, 1.807) is 11.7 Å². The average molecular weight is 247 g/mol. The Morgan fingerprint density at radius 3 is 2.69 bits per heavy atom. The molecular formula is C8H11BrN2O2. The van der Waals surface area contributed by atoms with Gasteiger partial charge in [-0.3, -0.25) is 9.48 Å². The summed E-state index contributed by atoms with van der Waals surface area (Å²) in [6.07, 6.45) is 0.244. The van der Waals surface area contributed by atoms with Gasteiger partial charge in [0.05, 0.1) is 29.4 Å². The van der Waals surface area contributed by atoms with Gasteiger partial charge in [0.2, 0.25) is 0 Å². The third-order valence-electron chi connectivity index (χ3n) is 1.80. The number of hydrogen-bond acceptors (Lipinski definition) is 3. The van der Waals surface area contributed by atoms with E-state index in [1.807, 2.05) is 6.92 Å². The van der Waals surface area contributed by atoms with Gasteiger partial charge in [0.25, 0.3) is 0 Å². The molecule has 1 aromatic heterocycles. The summed E-state index contributed by atoms with van der Waals surface area (Å²) in [5, 5.41) is 4.16. The van der Waals surface area contributed by atoms with Crippen LogP contribution < -0.4 is 0 Å². The Balaban J connectivity index is 2.94. The largest absolute Gasteiger partial charge is 0.469 e. The van der Waals surface area contributed by atoms with Crippen LogP contribution in [-0.4, -0.2) is 22.9 Å². The van der Waals surface area contributed by atoms with Gasteiger partial charge in [0.15, 0.2) is 0 Å². The monoisotopic (exact) mass is 246 g/mol. The molecule has 0 spiro atoms. The molecule has 0 atom stereocenters. The summed E-state index contributed by atoms with van der Waals surface area (Å²) < 4.78 is 7.12. The number of esters is 1. The number of nitrogens with zero attached hydrogens (tertiary/aromatic N) is 2. The third-order valence-corrected chi connectivity index (χ3v) is 2.83. The molecule has 0 N–H and O–H groups in total. The predicted octanol–water partition coefficient (Wildman–Crippen LogP) is 1.21. The lowest BCUT2D eigenvalue weighted by Gasteiger charge is -2.00. The Labute approximate surface area is 85.0 Å². The standard InChI is InChI=1S/C8H11BrN2O2/c1-5-8(9)6(11(2)10-5)4-7(12)13-3/h4H2,1-3H3. The minimum Gasteiger partial charge on any atom is -0.469 e. The van der Waals surface area contributed by atoms with E-state index < -0.39 is 0 Å². The number of methoxy groups -OCH3 is 1. The van der Waals surface area contributed by atoms with Crippen LogP contribution in [-0.2, 0) is 23.0 Å². The fourth-order valence-electron chi connectivity index (χ4n) is 1.08. The molecular weight excluding hydrogens is 236 g/mol. The molecule has 5 heteroatoms. The second-order valence-corrected chi connectivity index (χ2v) is 3.52. The van der Waals surface area contributed by atoms with E-state index in [-0.39, 0.29) is 12.4 Å². The summed E-state index contributed by atoms with van der Waals surface area (Å²) in [4.78, 5) is 11.0. The lowest BCUT2D eigenvalue weighted by molar-refractivity contribution is -0.139. The number of halogens is 1. The maximum Gasteiger partial charge on any atom is 0.311 e. The van der Waals surface area contributed by atoms with Gasteiger partial charge >= 0.3 is 5.97 Å². The second kappa shape index (κ2) is 3.91. The fraction of sp³-hybridized carbons (Fsp3) is 0.500. The summed E-state index contributed by atoms with van der Waals surface area (Å²) >= 11 is 3.37. The first-order valence-corrected chi connectivity index (χ1v) is 4.60. The lowest BCUT2D eigenvalue weighted by atomic mass is 10.3. The number of ether oxygens (including phenoxy) is 1. The molecule has 0 aliphatic heterocycles. The predicted molar refractivity (Wildman–Crippen MR) is 51.4 cm³/mol. The van der Waals surface area contributed by atoms with Crippen molar-refractivity contribution in [3.63, 3.8) is 0 Å². The van der Waals surface area contributed by atoms with E-state index in [1.165, 1.54) is 7.11 Å². The molecule has 0 aliphatic rings. The van der Waals surface area contributed by atoms with Gasteiger partial charge in [-0.15, -0.1) is 0 Å². The summed E-state index contributed by atoms with van der Waals surface area (Å²) in [5.74, 6) is -0.260. The molecule has 0 amide bonds. The van der Waals surface area contributed by atoms with Crippen LogP contribution in [0.5, 0.6) is 0 Å². The van der Waals surface area contributed by atoms with Crippen molar-refractivity contribution in [2.24, 2.45) is 7.05 Å². The van der Waals surface area contributed by atoms with Crippen molar-refractivity contribution in [1.29, 1.82) is 0 Å². The lowest BCUT2D eigenvalue weighted by Crippen LogP contribution is -2.09. The van der Waals surface area contributed by atoms with Crippen LogP contribution in [0.15, 0.2) is 4.47 Å². The number of aromatic nitrogens is 2. The van der Waals surface area contributed by atoms with Gasteiger partial charge in [0, 0.05) is 7.05 Å². The maximum absolute atomic E-state index is 11.0. The molecule has 1 rings (SSSR count). The van der Waals surface area contributed by atoms with E-state index in [2.05, 4.69) is 25.8 Å². The average Bonchev–Trinajstić information content (AvgIpc) is 2.32. The van der Waals surface area contributed by atoms with E-state index in [4.69, 9.17) is 0 Å². The van der Waals surface area contributed by atoms with Crippen LogP contribution in [0.2, 0.25) is 0 Å². The molecule has 0 radical (unpaired) electrons. The molecule has 0 unspecified atom stereocenters. The van der Waals surface area contributed by atoms with Gasteiger partial charge < -0.3 is 4.74 Å². The summed E-state index contributed by atoms with van der Waals surface area (Å²) in [6, 6.07) is 0. The van der Waals surface area contributed by atoms with Crippen LogP contribution in [0.1, 0.15) is 11.4 Å². The van der Waals surface area contributed by atoms with Crippen molar-refractivity contribution in [1.82, 2.24) is 9.78 Å². The molecule has 0 bridgehead atoms. The molecule has 0 fully saturated rings. The van der Waals surface area contributed by atoms with Crippen LogP contribution in [0, 0.1) is 6.92 Å². The zero-order valence-electron chi connectivity index (χ0n) is 7.80. The zero-order valence-corrected chi connectivity index (χ0v) is 9.38. The van der Waals surface area contributed by atoms with Gasteiger partial charge in [-0.25, -0.2) is 0 Å². The summed E-state index contributed by atoms with van der Waals surface area (Å²) in [5.41, 5.74) is 1.71. The first-order chi connectivity index (χ1) is 6.06. The topological polar surface area (TPSA) is 44.1 Å². The molecule has 4 nitrogen and oxygen atoms in total. The van der Waals surface area contributed by atoms with Crippen LogP contribution >= 0.6 is 15.9 Å². The Morgan fingerprint density at radius 1 is 1.69 bits per heavy atom. The molecule has 72 valence electrons. The van der Waals surface area contributed by atoms with Gasteiger partial charge in [-0.1, -0.05) is 0 Å². The van der Waals surface area contributed by atoms with Crippen molar-refractivity contribution in [3.8, 4) is 0 Å². The molecule has 1 heterocycles. The van der Waals surface area contributed by atoms with Crippen molar-refractivity contribution in [2.75, 3.05) is 7.11 Å². The molecule has 13 heavy (non-hydrogen) atoms. The number of carbonyl (C=O) groups excluding carboxylic acids is 1. The Kier molecular flexibility index (Phi) is 3.08. The van der Waals surface area contributed by atoms with Crippen LogP contribution in [0.3, 0.4) is 0 Å². The summed E-state index contributed by atoms with van der Waals surface area (Å²) in [7, 11) is 3.18. The number of rotatable bonds is 2. The minimum absolute atomic E-state index is 0.244. The molecule has 0 saturated carbocycles. The van der Waals surface area contributed by atoms with Crippen LogP contribution in [0.25, 0.3) is 0 Å². The maximum atomic E-state index is 11.0. The molecule has 0 saturated heterocycles. The third kappa shape index (κ3) is 2.09. The Hall–Kier alpha value is -0.840. The highest BCUT2D eigenvalue weighted by Crippen LogP contribution is 2.20. The van der Waals surface area contributed by atoms with Gasteiger partial charge in [-0.05, 0) is 22.9 Å². The van der Waals surface area contributed by atoms with E-state index in [0.717, 1.165) is 15.9 Å². The number of aryl methyl sites for hydroxylation is 2. The molecule has 0 aliphatic carbocycles. The Bertz CT molecular complexity index is 333. The van der Waals surface area contributed by atoms with Gasteiger partial charge in [-0.2, -0.15) is 5.10 Å². The second-order valence-electron chi connectivity index (χ2n) is 2.72. The van der Waals surface area contributed by atoms with Gasteiger partial charge in [0.1, 0.15) is 0 Å². The van der Waals surface area contributed by atoms with Crippen molar-refractivity contribution < 1.29 is 9.53 Å². The first kappa shape index (κ1) is 10.2. The smallest absolute Gasteiger partial charge is 0.311 e. The zero-order chi connectivity index (χ0) is 10.0. The van der Waals surface area contributed by atoms with Crippen molar-refractivity contribution >= 4 is 21.9 Å². The quantitative estimate of drug-likeness (QED) is 0.738. The van der Waals surface area contributed by atoms with E-state index >= 15 is 0 Å². The fourth-order valence-corrected chi connectivity index (χ4v) is 1.56. The Morgan fingerprint density at radius 2 is 2.31 bits per heavy atom. The highest BCUT2D eigenvalue weighted by atomic mass is 79.9. The number of hydrogen-bond donors (Lipinski definition) is 0. The highest BCUT2D eigenvalue weighted by Gasteiger charge is 2.14. The normalized spacial score (nSPS) is 10.2.